The summed E-state index contributed by atoms with van der Waals surface area (Å²) < 4.78 is 2.01. The van der Waals surface area contributed by atoms with Gasteiger partial charge in [-0.2, -0.15) is 0 Å². The molecular formula is C22H28N6O. The van der Waals surface area contributed by atoms with Gasteiger partial charge in [-0.15, -0.1) is 5.10 Å². The Bertz CT molecular complexity index is 1060. The normalized spacial score (nSPS) is 19.8. The smallest absolute Gasteiger partial charge is 0.253 e. The molecule has 1 N–H and O–H groups in total. The van der Waals surface area contributed by atoms with Gasteiger partial charge in [0.2, 0.25) is 0 Å². The third kappa shape index (κ3) is 3.48. The number of aryl methyl sites for hydroxylation is 1. The Morgan fingerprint density at radius 2 is 1.86 bits per heavy atom. The third-order valence-electron chi connectivity index (χ3n) is 6.51. The molecule has 0 amide bonds. The number of fused-ring (bicyclic) bond motifs is 1. The number of hydrogen-bond acceptors (Lipinski definition) is 5. The zero-order valence-electron chi connectivity index (χ0n) is 17.0. The molecule has 1 saturated heterocycles. The molecule has 2 aliphatic rings. The van der Waals surface area contributed by atoms with E-state index in [2.05, 4.69) is 37.5 Å². The molecule has 29 heavy (non-hydrogen) atoms. The van der Waals surface area contributed by atoms with E-state index in [1.165, 1.54) is 19.3 Å². The Kier molecular flexibility index (Phi) is 4.91. The minimum atomic E-state index is -0.208. The molecular weight excluding hydrogens is 364 g/mol. The van der Waals surface area contributed by atoms with Gasteiger partial charge in [0.05, 0.1) is 6.04 Å². The van der Waals surface area contributed by atoms with Crippen LogP contribution in [0.5, 0.6) is 0 Å². The molecule has 2 fully saturated rings. The fourth-order valence-corrected chi connectivity index (χ4v) is 5.00. The van der Waals surface area contributed by atoms with Gasteiger partial charge in [0.25, 0.3) is 5.56 Å². The van der Waals surface area contributed by atoms with Gasteiger partial charge in [-0.3, -0.25) is 9.69 Å². The van der Waals surface area contributed by atoms with Crippen LogP contribution in [0.25, 0.3) is 10.9 Å². The molecule has 2 aromatic heterocycles. The number of pyridine rings is 1. The maximum Gasteiger partial charge on any atom is 0.253 e. The molecule has 152 valence electrons. The predicted octanol–water partition coefficient (Wildman–Crippen LogP) is 3.51. The molecule has 7 heteroatoms. The zero-order valence-corrected chi connectivity index (χ0v) is 17.0. The fourth-order valence-electron chi connectivity index (χ4n) is 5.00. The Labute approximate surface area is 170 Å². The average molecular weight is 393 g/mol. The van der Waals surface area contributed by atoms with Crippen molar-refractivity contribution in [1.29, 1.82) is 0 Å². The van der Waals surface area contributed by atoms with Crippen LogP contribution in [-0.2, 0) is 0 Å². The lowest BCUT2D eigenvalue weighted by Crippen LogP contribution is -2.38. The molecule has 1 saturated carbocycles. The molecule has 1 aliphatic heterocycles. The fraction of sp³-hybridized carbons (Fsp3) is 0.545. The van der Waals surface area contributed by atoms with Crippen molar-refractivity contribution in [2.75, 3.05) is 13.1 Å². The monoisotopic (exact) mass is 392 g/mol. The van der Waals surface area contributed by atoms with Gasteiger partial charge in [0, 0.05) is 11.1 Å². The summed E-state index contributed by atoms with van der Waals surface area (Å²) in [5, 5.41) is 13.9. The van der Waals surface area contributed by atoms with Crippen molar-refractivity contribution < 1.29 is 0 Å². The van der Waals surface area contributed by atoms with Crippen molar-refractivity contribution in [3.8, 4) is 0 Å². The molecule has 1 aromatic carbocycles. The maximum absolute atomic E-state index is 13.2. The van der Waals surface area contributed by atoms with Crippen molar-refractivity contribution in [2.24, 2.45) is 0 Å². The van der Waals surface area contributed by atoms with E-state index in [-0.39, 0.29) is 11.6 Å². The summed E-state index contributed by atoms with van der Waals surface area (Å²) in [6.07, 6.45) is 8.18. The van der Waals surface area contributed by atoms with Crippen LogP contribution in [0.3, 0.4) is 0 Å². The average Bonchev–Trinajstić information content (AvgIpc) is 3.41. The lowest BCUT2D eigenvalue weighted by Gasteiger charge is -2.34. The molecule has 0 unspecified atom stereocenters. The van der Waals surface area contributed by atoms with E-state index in [1.807, 2.05) is 23.7 Å². The molecule has 0 radical (unpaired) electrons. The van der Waals surface area contributed by atoms with Crippen molar-refractivity contribution in [3.05, 3.63) is 51.6 Å². The van der Waals surface area contributed by atoms with E-state index < -0.39 is 0 Å². The Morgan fingerprint density at radius 1 is 1.07 bits per heavy atom. The highest BCUT2D eigenvalue weighted by atomic mass is 16.1. The van der Waals surface area contributed by atoms with Crippen LogP contribution in [0, 0.1) is 6.92 Å². The van der Waals surface area contributed by atoms with E-state index in [0.29, 0.717) is 6.04 Å². The summed E-state index contributed by atoms with van der Waals surface area (Å²) in [6, 6.07) is 8.37. The minimum absolute atomic E-state index is 0.0420. The van der Waals surface area contributed by atoms with Crippen LogP contribution in [-0.4, -0.2) is 43.2 Å². The molecule has 0 bridgehead atoms. The Hall–Kier alpha value is -2.54. The number of H-pyrrole nitrogens is 1. The maximum atomic E-state index is 13.2. The Morgan fingerprint density at radius 3 is 2.66 bits per heavy atom. The molecule has 1 aliphatic carbocycles. The number of nitrogens with one attached hydrogen (secondary N) is 1. The van der Waals surface area contributed by atoms with Crippen molar-refractivity contribution in [2.45, 2.75) is 64.0 Å². The lowest BCUT2D eigenvalue weighted by atomic mass is 10.00. The number of benzene rings is 1. The highest BCUT2D eigenvalue weighted by molar-refractivity contribution is 5.79. The van der Waals surface area contributed by atoms with Gasteiger partial charge in [-0.1, -0.05) is 31.4 Å². The SMILES string of the molecule is Cc1ccc2cc([C@@H](c3nnnn3C3CCCC3)N3CCCCC3)c(=O)[nH]c2c1. The van der Waals surface area contributed by atoms with Gasteiger partial charge in [-0.25, -0.2) is 4.68 Å². The van der Waals surface area contributed by atoms with Crippen LogP contribution >= 0.6 is 0 Å². The van der Waals surface area contributed by atoms with Crippen LogP contribution < -0.4 is 5.56 Å². The molecule has 0 spiro atoms. The van der Waals surface area contributed by atoms with Gasteiger partial charge in [0.15, 0.2) is 5.82 Å². The second-order valence-electron chi connectivity index (χ2n) is 8.56. The van der Waals surface area contributed by atoms with Crippen molar-refractivity contribution >= 4 is 10.9 Å². The van der Waals surface area contributed by atoms with Gasteiger partial charge in [0.1, 0.15) is 6.04 Å². The second kappa shape index (κ2) is 7.71. The summed E-state index contributed by atoms with van der Waals surface area (Å²) >= 11 is 0. The van der Waals surface area contributed by atoms with E-state index in [9.17, 15) is 4.79 Å². The summed E-state index contributed by atoms with van der Waals surface area (Å²) in [7, 11) is 0. The predicted molar refractivity (Wildman–Crippen MR) is 112 cm³/mol. The van der Waals surface area contributed by atoms with E-state index in [1.54, 1.807) is 0 Å². The standard InChI is InChI=1S/C22H28N6O/c1-15-9-10-16-14-18(22(29)23-19(16)13-15)20(27-11-5-2-6-12-27)21-24-25-26-28(21)17-7-3-4-8-17/h9-10,13-14,17,20H,2-8,11-12H2,1H3,(H,23,29)/t20-/m0/s1. The van der Waals surface area contributed by atoms with Crippen LogP contribution in [0.1, 0.15) is 74.0 Å². The summed E-state index contributed by atoms with van der Waals surface area (Å²) in [5.74, 6) is 0.816. The van der Waals surface area contributed by atoms with Crippen LogP contribution in [0.2, 0.25) is 0 Å². The number of hydrogen-bond donors (Lipinski definition) is 1. The van der Waals surface area contributed by atoms with E-state index in [4.69, 9.17) is 0 Å². The van der Waals surface area contributed by atoms with Crippen LogP contribution in [0.15, 0.2) is 29.1 Å². The highest BCUT2D eigenvalue weighted by Gasteiger charge is 2.33. The largest absolute Gasteiger partial charge is 0.322 e. The second-order valence-corrected chi connectivity index (χ2v) is 8.56. The van der Waals surface area contributed by atoms with Gasteiger partial charge < -0.3 is 4.98 Å². The van der Waals surface area contributed by atoms with Gasteiger partial charge in [-0.05, 0) is 79.2 Å². The first kappa shape index (κ1) is 18.5. The van der Waals surface area contributed by atoms with E-state index >= 15 is 0 Å². The van der Waals surface area contributed by atoms with Crippen LogP contribution in [0.4, 0.5) is 0 Å². The zero-order chi connectivity index (χ0) is 19.8. The molecule has 1 atom stereocenters. The minimum Gasteiger partial charge on any atom is -0.322 e. The number of piperidine rings is 1. The Balaban J connectivity index is 1.65. The topological polar surface area (TPSA) is 79.7 Å². The molecule has 3 heterocycles. The molecule has 3 aromatic rings. The summed E-state index contributed by atoms with van der Waals surface area (Å²) in [5.41, 5.74) is 2.72. The van der Waals surface area contributed by atoms with E-state index in [0.717, 1.165) is 66.6 Å². The number of aromatic amines is 1. The van der Waals surface area contributed by atoms with Crippen molar-refractivity contribution in [3.63, 3.8) is 0 Å². The number of rotatable bonds is 4. The first-order chi connectivity index (χ1) is 14.2. The number of tetrazole rings is 1. The quantitative estimate of drug-likeness (QED) is 0.735. The summed E-state index contributed by atoms with van der Waals surface area (Å²) in [6.45, 7) is 3.97. The summed E-state index contributed by atoms with van der Waals surface area (Å²) in [4.78, 5) is 18.7. The number of aromatic nitrogens is 5. The van der Waals surface area contributed by atoms with Crippen molar-refractivity contribution in [1.82, 2.24) is 30.1 Å². The first-order valence-corrected chi connectivity index (χ1v) is 10.9. The number of likely N-dealkylation sites (tertiary alicyclic amines) is 1. The first-order valence-electron chi connectivity index (χ1n) is 10.9. The third-order valence-corrected chi connectivity index (χ3v) is 6.51. The number of nitrogens with zero attached hydrogens (tertiary/aromatic N) is 5. The molecule has 7 nitrogen and oxygen atoms in total. The highest BCUT2D eigenvalue weighted by Crippen LogP contribution is 2.34. The van der Waals surface area contributed by atoms with Gasteiger partial charge >= 0.3 is 0 Å². The molecule has 5 rings (SSSR count). The lowest BCUT2D eigenvalue weighted by molar-refractivity contribution is 0.174.